The van der Waals surface area contributed by atoms with Crippen LogP contribution in [0.15, 0.2) is 60.7 Å². The average Bonchev–Trinajstić information content (AvgIpc) is 2.90. The number of allylic oxidation sites excluding steroid dienone is 2. The highest BCUT2D eigenvalue weighted by Crippen LogP contribution is 2.40. The number of benzene rings is 2. The van der Waals surface area contributed by atoms with E-state index < -0.39 is 0 Å². The molecule has 3 atom stereocenters. The number of rotatable bonds is 3. The van der Waals surface area contributed by atoms with Gasteiger partial charge < -0.3 is 4.74 Å². The zero-order valence-corrected chi connectivity index (χ0v) is 15.0. The van der Waals surface area contributed by atoms with E-state index in [0.29, 0.717) is 28.6 Å². The van der Waals surface area contributed by atoms with Crippen LogP contribution in [0.4, 0.5) is 5.69 Å². The van der Waals surface area contributed by atoms with Gasteiger partial charge in [-0.15, -0.1) is 0 Å². The summed E-state index contributed by atoms with van der Waals surface area (Å²) >= 11 is 6.10. The molecule has 1 fully saturated rings. The normalized spacial score (nSPS) is 24.7. The number of halogens is 1. The minimum Gasteiger partial charge on any atom is -0.456 e. The Morgan fingerprint density at radius 2 is 1.77 bits per heavy atom. The van der Waals surface area contributed by atoms with Crippen LogP contribution < -0.4 is 9.64 Å². The van der Waals surface area contributed by atoms with Crippen LogP contribution in [0, 0.1) is 17.8 Å². The van der Waals surface area contributed by atoms with E-state index in [0.717, 1.165) is 0 Å². The zero-order chi connectivity index (χ0) is 18.3. The fourth-order valence-corrected chi connectivity index (χ4v) is 3.89. The van der Waals surface area contributed by atoms with Gasteiger partial charge in [0, 0.05) is 0 Å². The highest BCUT2D eigenvalue weighted by molar-refractivity contribution is 6.32. The molecule has 2 aromatic carbocycles. The molecule has 0 saturated carbocycles. The highest BCUT2D eigenvalue weighted by atomic mass is 35.5. The molecule has 1 aliphatic carbocycles. The van der Waals surface area contributed by atoms with Crippen LogP contribution in [0.25, 0.3) is 0 Å². The Labute approximate surface area is 157 Å². The van der Waals surface area contributed by atoms with Gasteiger partial charge in [-0.25, -0.2) is 0 Å². The monoisotopic (exact) mass is 367 g/mol. The van der Waals surface area contributed by atoms with Gasteiger partial charge in [0.25, 0.3) is 0 Å². The third kappa shape index (κ3) is 2.80. The molecular weight excluding hydrogens is 350 g/mol. The van der Waals surface area contributed by atoms with Gasteiger partial charge in [-0.05, 0) is 48.7 Å². The molecule has 4 rings (SSSR count). The molecule has 2 amide bonds. The molecule has 2 aromatic rings. The first-order valence-electron chi connectivity index (χ1n) is 8.63. The van der Waals surface area contributed by atoms with E-state index in [4.69, 9.17) is 16.3 Å². The third-order valence-electron chi connectivity index (χ3n) is 5.03. The molecule has 0 spiro atoms. The predicted molar refractivity (Wildman–Crippen MR) is 100 cm³/mol. The van der Waals surface area contributed by atoms with Gasteiger partial charge in [-0.2, -0.15) is 0 Å². The summed E-state index contributed by atoms with van der Waals surface area (Å²) in [6, 6.07) is 14.2. The minimum atomic E-state index is -0.258. The van der Waals surface area contributed by atoms with Crippen LogP contribution in [-0.4, -0.2) is 11.8 Å². The van der Waals surface area contributed by atoms with E-state index >= 15 is 0 Å². The predicted octanol–water partition coefficient (Wildman–Crippen LogP) is 4.83. The second kappa shape index (κ2) is 6.61. The van der Waals surface area contributed by atoms with Crippen molar-refractivity contribution < 1.29 is 14.3 Å². The standard InChI is InChI=1S/C21H18ClNO3/c1-13-5-4-6-16-19(13)21(25)23(20(16)24)14-9-11-15(12-10-14)26-18-8-3-2-7-17(18)22/h2-5,7-13,16,19H,6H2,1H3/t13-,16-,19+/m0/s1. The molecule has 0 radical (unpaired) electrons. The van der Waals surface area contributed by atoms with E-state index in [2.05, 4.69) is 0 Å². The van der Waals surface area contributed by atoms with Crippen molar-refractivity contribution in [3.05, 3.63) is 65.7 Å². The number of fused-ring (bicyclic) bond motifs is 1. The Hall–Kier alpha value is -2.59. The van der Waals surface area contributed by atoms with Gasteiger partial charge in [-0.1, -0.05) is 42.8 Å². The Balaban J connectivity index is 1.57. The van der Waals surface area contributed by atoms with Crippen molar-refractivity contribution in [3.8, 4) is 11.5 Å². The number of hydrogen-bond donors (Lipinski definition) is 0. The lowest BCUT2D eigenvalue weighted by Crippen LogP contribution is -2.31. The maximum absolute atomic E-state index is 12.8. The van der Waals surface area contributed by atoms with E-state index in [1.165, 1.54) is 4.90 Å². The number of anilines is 1. The molecule has 132 valence electrons. The van der Waals surface area contributed by atoms with Crippen molar-refractivity contribution in [2.75, 3.05) is 4.90 Å². The van der Waals surface area contributed by atoms with Crippen LogP contribution in [0.2, 0.25) is 5.02 Å². The van der Waals surface area contributed by atoms with Crippen molar-refractivity contribution in [2.45, 2.75) is 13.3 Å². The molecule has 4 nitrogen and oxygen atoms in total. The topological polar surface area (TPSA) is 46.6 Å². The number of para-hydroxylation sites is 1. The average molecular weight is 368 g/mol. The SMILES string of the molecule is C[C@H]1C=CC[C@@H]2C(=O)N(c3ccc(Oc4ccccc4Cl)cc3)C(=O)[C@@H]21. The quantitative estimate of drug-likeness (QED) is 0.576. The van der Waals surface area contributed by atoms with Crippen LogP contribution in [0.1, 0.15) is 13.3 Å². The first-order chi connectivity index (χ1) is 12.6. The van der Waals surface area contributed by atoms with Gasteiger partial charge in [0.15, 0.2) is 0 Å². The second-order valence-electron chi connectivity index (χ2n) is 6.69. The molecule has 0 N–H and O–H groups in total. The van der Waals surface area contributed by atoms with E-state index in [9.17, 15) is 9.59 Å². The van der Waals surface area contributed by atoms with Gasteiger partial charge in [-0.3, -0.25) is 14.5 Å². The molecule has 26 heavy (non-hydrogen) atoms. The fourth-order valence-electron chi connectivity index (χ4n) is 3.72. The van der Waals surface area contributed by atoms with Crippen LogP contribution >= 0.6 is 11.6 Å². The molecule has 1 aliphatic heterocycles. The number of nitrogens with zero attached hydrogens (tertiary/aromatic N) is 1. The largest absolute Gasteiger partial charge is 0.456 e. The number of amides is 2. The Kier molecular flexibility index (Phi) is 4.29. The van der Waals surface area contributed by atoms with E-state index in [1.54, 1.807) is 36.4 Å². The van der Waals surface area contributed by atoms with Gasteiger partial charge in [0.05, 0.1) is 22.5 Å². The van der Waals surface area contributed by atoms with Crippen molar-refractivity contribution in [2.24, 2.45) is 17.8 Å². The van der Waals surface area contributed by atoms with Gasteiger partial charge >= 0.3 is 0 Å². The van der Waals surface area contributed by atoms with Crippen molar-refractivity contribution in [1.29, 1.82) is 0 Å². The van der Waals surface area contributed by atoms with Crippen LogP contribution in [0.3, 0.4) is 0 Å². The second-order valence-corrected chi connectivity index (χ2v) is 7.10. The van der Waals surface area contributed by atoms with E-state index in [1.807, 2.05) is 31.2 Å². The first kappa shape index (κ1) is 16.9. The maximum atomic E-state index is 12.8. The summed E-state index contributed by atoms with van der Waals surface area (Å²) in [6.07, 6.45) is 4.65. The molecule has 1 heterocycles. The fraction of sp³-hybridized carbons (Fsp3) is 0.238. The van der Waals surface area contributed by atoms with Crippen LogP contribution in [0.5, 0.6) is 11.5 Å². The lowest BCUT2D eigenvalue weighted by molar-refractivity contribution is -0.122. The molecule has 0 bridgehead atoms. The minimum absolute atomic E-state index is 0.0815. The van der Waals surface area contributed by atoms with Gasteiger partial charge in [0.1, 0.15) is 11.5 Å². The zero-order valence-electron chi connectivity index (χ0n) is 14.3. The van der Waals surface area contributed by atoms with Crippen LogP contribution in [-0.2, 0) is 9.59 Å². The van der Waals surface area contributed by atoms with Crippen molar-refractivity contribution >= 4 is 29.1 Å². The maximum Gasteiger partial charge on any atom is 0.238 e. The third-order valence-corrected chi connectivity index (χ3v) is 5.34. The lowest BCUT2D eigenvalue weighted by atomic mass is 9.78. The molecule has 5 heteroatoms. The summed E-state index contributed by atoms with van der Waals surface area (Å²) in [5.41, 5.74) is 0.577. The summed E-state index contributed by atoms with van der Waals surface area (Å²) in [4.78, 5) is 26.9. The summed E-state index contributed by atoms with van der Waals surface area (Å²) in [5.74, 6) is 0.494. The molecule has 1 saturated heterocycles. The Bertz CT molecular complexity index is 890. The highest BCUT2D eigenvalue weighted by Gasteiger charge is 2.50. The molecule has 0 unspecified atom stereocenters. The van der Waals surface area contributed by atoms with E-state index in [-0.39, 0.29) is 29.6 Å². The summed E-state index contributed by atoms with van der Waals surface area (Å²) in [5, 5.41) is 0.520. The number of carbonyl (C=O) groups excluding carboxylic acids is 2. The number of imide groups is 1. The Morgan fingerprint density at radius 3 is 2.46 bits per heavy atom. The molecule has 0 aromatic heterocycles. The number of carbonyl (C=O) groups is 2. The summed E-state index contributed by atoms with van der Waals surface area (Å²) in [7, 11) is 0. The first-order valence-corrected chi connectivity index (χ1v) is 9.01. The summed E-state index contributed by atoms with van der Waals surface area (Å²) in [6.45, 7) is 1.99. The van der Waals surface area contributed by atoms with Crippen molar-refractivity contribution in [3.63, 3.8) is 0 Å². The molecular formula is C21H18ClNO3. The molecule has 2 aliphatic rings. The lowest BCUT2D eigenvalue weighted by Gasteiger charge is -2.22. The van der Waals surface area contributed by atoms with Gasteiger partial charge in [0.2, 0.25) is 11.8 Å². The van der Waals surface area contributed by atoms with Crippen molar-refractivity contribution in [1.82, 2.24) is 0 Å². The Morgan fingerprint density at radius 1 is 1.04 bits per heavy atom. The number of ether oxygens (including phenoxy) is 1. The number of hydrogen-bond acceptors (Lipinski definition) is 3. The smallest absolute Gasteiger partial charge is 0.238 e. The summed E-state index contributed by atoms with van der Waals surface area (Å²) < 4.78 is 5.76.